The molecule has 1 heteroatoms. The van der Waals surface area contributed by atoms with Crippen LogP contribution in [0.4, 0.5) is 0 Å². The molecule has 0 spiro atoms. The third-order valence-electron chi connectivity index (χ3n) is 3.83. The van der Waals surface area contributed by atoms with E-state index >= 15 is 0 Å². The molecular weight excluding hydrogens is 220 g/mol. The monoisotopic (exact) mass is 242 g/mol. The van der Waals surface area contributed by atoms with Gasteiger partial charge in [-0.15, -0.1) is 0 Å². The Morgan fingerprint density at radius 1 is 1.22 bits per heavy atom. The Balaban J connectivity index is 1.98. The first-order chi connectivity index (χ1) is 8.69. The first kappa shape index (κ1) is 13.1. The van der Waals surface area contributed by atoms with Crippen LogP contribution in [0.2, 0.25) is 0 Å². The molecule has 0 saturated carbocycles. The fourth-order valence-electron chi connectivity index (χ4n) is 2.41. The van der Waals surface area contributed by atoms with Gasteiger partial charge in [0, 0.05) is 6.42 Å². The van der Waals surface area contributed by atoms with E-state index in [1.165, 1.54) is 5.56 Å². The lowest BCUT2D eigenvalue weighted by atomic mass is 9.87. The summed E-state index contributed by atoms with van der Waals surface area (Å²) in [5, 5.41) is 0. The van der Waals surface area contributed by atoms with Crippen LogP contribution in [0, 0.1) is 5.92 Å². The highest BCUT2D eigenvalue weighted by Crippen LogP contribution is 2.24. The molecule has 1 nitrogen and oxygen atoms in total. The maximum atomic E-state index is 12.2. The lowest BCUT2D eigenvalue weighted by molar-refractivity contribution is -0.115. The standard InChI is InChI=1S/C17H22O/c1-3-14-6-8-15(9-7-14)12-17(18)16-10-4-13(2)5-11-16/h6-10,13H,3-5,11-12H2,1-2H3. The van der Waals surface area contributed by atoms with E-state index in [4.69, 9.17) is 0 Å². The molecule has 0 radical (unpaired) electrons. The molecule has 0 fully saturated rings. The van der Waals surface area contributed by atoms with Crippen LogP contribution in [0.5, 0.6) is 0 Å². The van der Waals surface area contributed by atoms with E-state index in [-0.39, 0.29) is 0 Å². The van der Waals surface area contributed by atoms with E-state index < -0.39 is 0 Å². The van der Waals surface area contributed by atoms with Gasteiger partial charge in [-0.25, -0.2) is 0 Å². The van der Waals surface area contributed by atoms with Crippen molar-refractivity contribution in [1.82, 2.24) is 0 Å². The summed E-state index contributed by atoms with van der Waals surface area (Å²) in [4.78, 5) is 12.2. The quantitative estimate of drug-likeness (QED) is 0.776. The second-order valence-corrected chi connectivity index (χ2v) is 5.38. The molecule has 1 aromatic rings. The van der Waals surface area contributed by atoms with Crippen molar-refractivity contribution in [3.05, 3.63) is 47.0 Å². The highest BCUT2D eigenvalue weighted by Gasteiger charge is 2.16. The Morgan fingerprint density at radius 2 is 1.89 bits per heavy atom. The van der Waals surface area contributed by atoms with E-state index in [0.717, 1.165) is 42.7 Å². The van der Waals surface area contributed by atoms with Gasteiger partial charge in [-0.05, 0) is 48.3 Å². The summed E-state index contributed by atoms with van der Waals surface area (Å²) in [6, 6.07) is 8.42. The SMILES string of the molecule is CCc1ccc(CC(=O)C2=CCC(C)CC2)cc1. The van der Waals surface area contributed by atoms with Gasteiger partial charge in [0.05, 0.1) is 0 Å². The number of aryl methyl sites for hydroxylation is 1. The summed E-state index contributed by atoms with van der Waals surface area (Å²) in [6.07, 6.45) is 6.95. The molecule has 0 N–H and O–H groups in total. The highest BCUT2D eigenvalue weighted by molar-refractivity contribution is 5.96. The maximum absolute atomic E-state index is 12.2. The van der Waals surface area contributed by atoms with Crippen LogP contribution in [0.3, 0.4) is 0 Å². The molecule has 2 rings (SSSR count). The molecule has 1 aliphatic rings. The van der Waals surface area contributed by atoms with Gasteiger partial charge in [-0.1, -0.05) is 44.2 Å². The third-order valence-corrected chi connectivity index (χ3v) is 3.83. The molecule has 0 amide bonds. The minimum atomic E-state index is 0.311. The number of hydrogen-bond donors (Lipinski definition) is 0. The van der Waals surface area contributed by atoms with Gasteiger partial charge in [-0.2, -0.15) is 0 Å². The first-order valence-electron chi connectivity index (χ1n) is 6.99. The number of hydrogen-bond acceptors (Lipinski definition) is 1. The number of carbonyl (C=O) groups is 1. The molecule has 1 unspecified atom stereocenters. The fourth-order valence-corrected chi connectivity index (χ4v) is 2.41. The average Bonchev–Trinajstić information content (AvgIpc) is 2.40. The number of Topliss-reactive ketones (excluding diaryl/α,β-unsaturated/α-hetero) is 1. The molecule has 0 saturated heterocycles. The van der Waals surface area contributed by atoms with E-state index in [1.807, 2.05) is 0 Å². The van der Waals surface area contributed by atoms with Crippen LogP contribution in [0.15, 0.2) is 35.9 Å². The number of ketones is 1. The Kier molecular flexibility index (Phi) is 4.35. The summed E-state index contributed by atoms with van der Waals surface area (Å²) >= 11 is 0. The van der Waals surface area contributed by atoms with Crippen molar-refractivity contribution in [3.8, 4) is 0 Å². The Bertz CT molecular complexity index is 439. The molecule has 0 heterocycles. The molecule has 0 aromatic heterocycles. The zero-order valence-electron chi connectivity index (χ0n) is 11.4. The first-order valence-corrected chi connectivity index (χ1v) is 6.99. The molecule has 18 heavy (non-hydrogen) atoms. The van der Waals surface area contributed by atoms with Crippen molar-refractivity contribution >= 4 is 5.78 Å². The molecule has 0 bridgehead atoms. The minimum Gasteiger partial charge on any atom is -0.294 e. The van der Waals surface area contributed by atoms with Crippen LogP contribution < -0.4 is 0 Å². The fraction of sp³-hybridized carbons (Fsp3) is 0.471. The van der Waals surface area contributed by atoms with Gasteiger partial charge in [0.15, 0.2) is 5.78 Å². The van der Waals surface area contributed by atoms with Crippen molar-refractivity contribution in [2.24, 2.45) is 5.92 Å². The molecule has 96 valence electrons. The van der Waals surface area contributed by atoms with Gasteiger partial charge < -0.3 is 0 Å². The molecule has 1 atom stereocenters. The van der Waals surface area contributed by atoms with Crippen LogP contribution in [0.25, 0.3) is 0 Å². The average molecular weight is 242 g/mol. The lowest BCUT2D eigenvalue weighted by Gasteiger charge is -2.17. The zero-order valence-corrected chi connectivity index (χ0v) is 11.4. The van der Waals surface area contributed by atoms with Crippen molar-refractivity contribution in [3.63, 3.8) is 0 Å². The van der Waals surface area contributed by atoms with Crippen LogP contribution in [-0.4, -0.2) is 5.78 Å². The summed E-state index contributed by atoms with van der Waals surface area (Å²) in [5.74, 6) is 1.05. The Hall–Kier alpha value is -1.37. The van der Waals surface area contributed by atoms with Gasteiger partial charge in [-0.3, -0.25) is 4.79 Å². The Morgan fingerprint density at radius 3 is 2.44 bits per heavy atom. The molecule has 0 aliphatic heterocycles. The maximum Gasteiger partial charge on any atom is 0.162 e. The smallest absolute Gasteiger partial charge is 0.162 e. The Labute approximate surface area is 110 Å². The topological polar surface area (TPSA) is 17.1 Å². The molecule has 1 aromatic carbocycles. The molecule has 1 aliphatic carbocycles. The van der Waals surface area contributed by atoms with Crippen molar-refractivity contribution in [1.29, 1.82) is 0 Å². The van der Waals surface area contributed by atoms with E-state index in [1.54, 1.807) is 0 Å². The summed E-state index contributed by atoms with van der Waals surface area (Å²) in [6.45, 7) is 4.40. The largest absolute Gasteiger partial charge is 0.294 e. The van der Waals surface area contributed by atoms with E-state index in [0.29, 0.717) is 12.2 Å². The van der Waals surface area contributed by atoms with Crippen molar-refractivity contribution < 1.29 is 4.79 Å². The number of rotatable bonds is 4. The van der Waals surface area contributed by atoms with Gasteiger partial charge in [0.25, 0.3) is 0 Å². The van der Waals surface area contributed by atoms with Gasteiger partial charge >= 0.3 is 0 Å². The van der Waals surface area contributed by atoms with E-state index in [2.05, 4.69) is 44.2 Å². The van der Waals surface area contributed by atoms with Gasteiger partial charge in [0.2, 0.25) is 0 Å². The predicted octanol–water partition coefficient (Wildman–Crippen LogP) is 4.11. The zero-order chi connectivity index (χ0) is 13.0. The van der Waals surface area contributed by atoms with Gasteiger partial charge in [0.1, 0.15) is 0 Å². The van der Waals surface area contributed by atoms with Crippen LogP contribution in [-0.2, 0) is 17.6 Å². The number of carbonyl (C=O) groups excluding carboxylic acids is 1. The van der Waals surface area contributed by atoms with Crippen LogP contribution in [0.1, 0.15) is 44.2 Å². The lowest BCUT2D eigenvalue weighted by Crippen LogP contribution is -2.11. The summed E-state index contributed by atoms with van der Waals surface area (Å²) in [7, 11) is 0. The highest BCUT2D eigenvalue weighted by atomic mass is 16.1. The predicted molar refractivity (Wildman–Crippen MR) is 75.6 cm³/mol. The van der Waals surface area contributed by atoms with Crippen molar-refractivity contribution in [2.75, 3.05) is 0 Å². The summed E-state index contributed by atoms with van der Waals surface area (Å²) < 4.78 is 0. The van der Waals surface area contributed by atoms with E-state index in [9.17, 15) is 4.79 Å². The number of allylic oxidation sites excluding steroid dienone is 2. The third kappa shape index (κ3) is 3.32. The summed E-state index contributed by atoms with van der Waals surface area (Å²) in [5.41, 5.74) is 3.52. The normalized spacial score (nSPS) is 19.4. The van der Waals surface area contributed by atoms with Crippen LogP contribution >= 0.6 is 0 Å². The molecular formula is C17H22O. The van der Waals surface area contributed by atoms with Crippen molar-refractivity contribution in [2.45, 2.75) is 46.0 Å². The second kappa shape index (κ2) is 5.99. The minimum absolute atomic E-state index is 0.311. The second-order valence-electron chi connectivity index (χ2n) is 5.38. The number of benzene rings is 1.